The first kappa shape index (κ1) is 32.0. The first-order chi connectivity index (χ1) is 19.9. The molecule has 0 bridgehead atoms. The molecule has 3 rings (SSSR count). The van der Waals surface area contributed by atoms with Crippen LogP contribution in [-0.4, -0.2) is 76.4 Å². The van der Waals surface area contributed by atoms with E-state index in [9.17, 15) is 14.9 Å². The number of nitrogens with zero attached hydrogens (tertiary/aromatic N) is 3. The monoisotopic (exact) mass is 582 g/mol. The molecule has 0 aliphatic carbocycles. The molecule has 9 nitrogen and oxygen atoms in total. The summed E-state index contributed by atoms with van der Waals surface area (Å²) in [6.07, 6.45) is 4.38. The predicted octanol–water partition coefficient (Wildman–Crippen LogP) is 4.97. The fraction of sp³-hybridized carbons (Fsp3) is 0.516. The minimum Gasteiger partial charge on any atom is -0.493 e. The summed E-state index contributed by atoms with van der Waals surface area (Å²) in [5.41, 5.74) is 1.30. The molecule has 0 spiro atoms. The number of piperidine rings is 1. The van der Waals surface area contributed by atoms with Crippen molar-refractivity contribution in [1.29, 1.82) is 5.26 Å². The molecule has 2 aromatic rings. The van der Waals surface area contributed by atoms with Gasteiger partial charge >= 0.3 is 5.97 Å². The number of nitriles is 1. The number of rotatable bonds is 15. The maximum absolute atomic E-state index is 12.3. The van der Waals surface area contributed by atoms with Gasteiger partial charge in [-0.25, -0.2) is 0 Å². The van der Waals surface area contributed by atoms with E-state index in [0.717, 1.165) is 67.4 Å². The van der Waals surface area contributed by atoms with Crippen molar-refractivity contribution in [2.45, 2.75) is 52.1 Å². The maximum Gasteiger partial charge on any atom is 0.306 e. The molecular formula is C31H42N4O5S. The van der Waals surface area contributed by atoms with E-state index in [1.54, 1.807) is 37.7 Å². The number of amides is 1. The lowest BCUT2D eigenvalue weighted by Gasteiger charge is -2.32. The summed E-state index contributed by atoms with van der Waals surface area (Å²) in [5, 5.41) is 13.8. The number of thiophene rings is 1. The van der Waals surface area contributed by atoms with Gasteiger partial charge in [0, 0.05) is 43.8 Å². The van der Waals surface area contributed by atoms with Crippen LogP contribution in [0.2, 0.25) is 0 Å². The molecule has 41 heavy (non-hydrogen) atoms. The van der Waals surface area contributed by atoms with Crippen LogP contribution in [0.3, 0.4) is 0 Å². The summed E-state index contributed by atoms with van der Waals surface area (Å²) < 4.78 is 16.3. The van der Waals surface area contributed by atoms with Crippen LogP contribution < -0.4 is 19.7 Å². The molecule has 10 heteroatoms. The zero-order chi connectivity index (χ0) is 29.6. The van der Waals surface area contributed by atoms with Gasteiger partial charge in [-0.05, 0) is 68.0 Å². The lowest BCUT2D eigenvalue weighted by atomic mass is 10.1. The molecule has 1 aliphatic heterocycles. The third-order valence-electron chi connectivity index (χ3n) is 7.19. The molecule has 1 saturated heterocycles. The first-order valence-electron chi connectivity index (χ1n) is 14.3. The van der Waals surface area contributed by atoms with Crippen LogP contribution in [0.5, 0.6) is 11.5 Å². The molecule has 1 fully saturated rings. The van der Waals surface area contributed by atoms with Crippen LogP contribution in [-0.2, 0) is 14.3 Å². The van der Waals surface area contributed by atoms with Crippen LogP contribution in [0, 0.1) is 11.3 Å². The van der Waals surface area contributed by atoms with Gasteiger partial charge in [-0.15, -0.1) is 11.3 Å². The third kappa shape index (κ3) is 9.80. The summed E-state index contributed by atoms with van der Waals surface area (Å²) in [7, 11) is 3.15. The molecule has 0 unspecified atom stereocenters. The zero-order valence-corrected chi connectivity index (χ0v) is 25.4. The largest absolute Gasteiger partial charge is 0.493 e. The van der Waals surface area contributed by atoms with E-state index in [2.05, 4.69) is 41.1 Å². The Morgan fingerprint density at radius 2 is 1.83 bits per heavy atom. The van der Waals surface area contributed by atoms with Crippen LogP contribution in [0.4, 0.5) is 5.00 Å². The van der Waals surface area contributed by atoms with Crippen molar-refractivity contribution < 1.29 is 23.8 Å². The highest BCUT2D eigenvalue weighted by Crippen LogP contribution is 2.34. The van der Waals surface area contributed by atoms with Gasteiger partial charge < -0.3 is 29.3 Å². The van der Waals surface area contributed by atoms with E-state index in [1.807, 2.05) is 18.2 Å². The second-order valence-corrected chi connectivity index (χ2v) is 10.9. The standard InChI is InChI=1S/C31H42N4O5S/c1-5-34(6-2)17-7-16-33-29(36)11-13-31(37)40-25-14-18-35(19-15-25)30-12-9-26(41-30)20-24(22-32)23-8-10-27(38-3)28(21-23)39-4/h8-10,12,20-21,25H,5-7,11,13-19H2,1-4H3,(H,33,36)/b24-20+. The number of allylic oxidation sites excluding steroid dienone is 1. The number of anilines is 1. The Balaban J connectivity index is 1.42. The van der Waals surface area contributed by atoms with E-state index < -0.39 is 0 Å². The van der Waals surface area contributed by atoms with Crippen molar-refractivity contribution in [2.75, 3.05) is 58.4 Å². The average molecular weight is 583 g/mol. The van der Waals surface area contributed by atoms with E-state index in [1.165, 1.54) is 0 Å². The van der Waals surface area contributed by atoms with Gasteiger partial charge in [0.05, 0.1) is 37.3 Å². The fourth-order valence-corrected chi connectivity index (χ4v) is 5.73. The topological polar surface area (TPSA) is 104 Å². The second kappa shape index (κ2) is 16.7. The molecule has 2 heterocycles. The van der Waals surface area contributed by atoms with E-state index in [0.29, 0.717) is 23.6 Å². The van der Waals surface area contributed by atoms with Crippen molar-refractivity contribution in [3.63, 3.8) is 0 Å². The maximum atomic E-state index is 12.3. The molecule has 1 amide bonds. The number of hydrogen-bond donors (Lipinski definition) is 1. The quantitative estimate of drug-likeness (QED) is 0.178. The minimum atomic E-state index is -0.315. The molecular weight excluding hydrogens is 540 g/mol. The highest BCUT2D eigenvalue weighted by atomic mass is 32.1. The zero-order valence-electron chi connectivity index (χ0n) is 24.6. The number of nitrogens with one attached hydrogen (secondary N) is 1. The number of hydrogen-bond acceptors (Lipinski definition) is 9. The highest BCUT2D eigenvalue weighted by Gasteiger charge is 2.23. The Labute approximate surface area is 247 Å². The normalized spacial score (nSPS) is 14.0. The Kier molecular flexibility index (Phi) is 13.0. The number of carbonyl (C=O) groups is 2. The fourth-order valence-electron chi connectivity index (χ4n) is 4.73. The molecule has 0 saturated carbocycles. The van der Waals surface area contributed by atoms with Gasteiger partial charge in [-0.2, -0.15) is 5.26 Å². The van der Waals surface area contributed by atoms with Crippen molar-refractivity contribution in [3.8, 4) is 17.6 Å². The van der Waals surface area contributed by atoms with Crippen LogP contribution in [0.15, 0.2) is 30.3 Å². The molecule has 0 atom stereocenters. The van der Waals surface area contributed by atoms with Gasteiger partial charge in [-0.1, -0.05) is 13.8 Å². The highest BCUT2D eigenvalue weighted by molar-refractivity contribution is 7.17. The molecule has 222 valence electrons. The van der Waals surface area contributed by atoms with Crippen molar-refractivity contribution >= 4 is 39.9 Å². The van der Waals surface area contributed by atoms with Crippen LogP contribution in [0.1, 0.15) is 56.4 Å². The van der Waals surface area contributed by atoms with E-state index in [-0.39, 0.29) is 30.8 Å². The number of carbonyl (C=O) groups excluding carboxylic acids is 2. The Morgan fingerprint density at radius 1 is 1.10 bits per heavy atom. The van der Waals surface area contributed by atoms with Gasteiger partial charge in [0.1, 0.15) is 6.10 Å². The summed E-state index contributed by atoms with van der Waals surface area (Å²) in [6.45, 7) is 9.39. The van der Waals surface area contributed by atoms with Gasteiger partial charge in [0.2, 0.25) is 5.91 Å². The average Bonchev–Trinajstić information content (AvgIpc) is 3.47. The number of benzene rings is 1. The van der Waals surface area contributed by atoms with Crippen molar-refractivity contribution in [1.82, 2.24) is 10.2 Å². The predicted molar refractivity (Wildman–Crippen MR) is 163 cm³/mol. The lowest BCUT2D eigenvalue weighted by molar-refractivity contribution is -0.151. The second-order valence-electron chi connectivity index (χ2n) is 9.82. The van der Waals surface area contributed by atoms with Gasteiger partial charge in [0.25, 0.3) is 0 Å². The van der Waals surface area contributed by atoms with Crippen molar-refractivity contribution in [3.05, 3.63) is 40.8 Å². The van der Waals surface area contributed by atoms with Crippen LogP contribution in [0.25, 0.3) is 11.6 Å². The molecule has 1 aliphatic rings. The summed E-state index contributed by atoms with van der Waals surface area (Å²) in [6, 6.07) is 11.8. The Hall–Kier alpha value is -3.55. The summed E-state index contributed by atoms with van der Waals surface area (Å²) in [4.78, 5) is 30.0. The minimum absolute atomic E-state index is 0.101. The SMILES string of the molecule is CCN(CC)CCCNC(=O)CCC(=O)OC1CCN(c2ccc(/C=C(\C#N)c3ccc(OC)c(OC)c3)s2)CC1. The third-order valence-corrected chi connectivity index (χ3v) is 8.28. The van der Waals surface area contributed by atoms with E-state index in [4.69, 9.17) is 14.2 Å². The molecule has 1 N–H and O–H groups in total. The van der Waals surface area contributed by atoms with E-state index >= 15 is 0 Å². The Bertz CT molecular complexity index is 1210. The number of ether oxygens (including phenoxy) is 3. The van der Waals surface area contributed by atoms with Gasteiger partial charge in [0.15, 0.2) is 11.5 Å². The molecule has 0 radical (unpaired) electrons. The number of esters is 1. The molecule has 1 aromatic heterocycles. The number of methoxy groups -OCH3 is 2. The summed E-state index contributed by atoms with van der Waals surface area (Å²) in [5.74, 6) is 0.767. The smallest absolute Gasteiger partial charge is 0.306 e. The Morgan fingerprint density at radius 3 is 2.49 bits per heavy atom. The molecule has 1 aromatic carbocycles. The van der Waals surface area contributed by atoms with Crippen LogP contribution >= 0.6 is 11.3 Å². The lowest BCUT2D eigenvalue weighted by Crippen LogP contribution is -2.37. The van der Waals surface area contributed by atoms with Crippen molar-refractivity contribution in [2.24, 2.45) is 0 Å². The first-order valence-corrected chi connectivity index (χ1v) is 15.1. The van der Waals surface area contributed by atoms with Gasteiger partial charge in [-0.3, -0.25) is 9.59 Å². The summed E-state index contributed by atoms with van der Waals surface area (Å²) >= 11 is 1.62.